The summed E-state index contributed by atoms with van der Waals surface area (Å²) in [7, 11) is 3.28. The molecule has 1 amide bonds. The van der Waals surface area contributed by atoms with Crippen LogP contribution in [0.25, 0.3) is 0 Å². The quantitative estimate of drug-likeness (QED) is 0.867. The smallest absolute Gasteiger partial charge is 0.238 e. The molecule has 0 aromatic heterocycles. The summed E-state index contributed by atoms with van der Waals surface area (Å²) in [5.74, 6) is 0.866. The van der Waals surface area contributed by atoms with Crippen molar-refractivity contribution in [2.24, 2.45) is 0 Å². The molecule has 1 N–H and O–H groups in total. The Hall–Kier alpha value is -1.59. The monoisotopic (exact) mass is 264 g/mol. The van der Waals surface area contributed by atoms with Crippen LogP contribution in [-0.4, -0.2) is 44.2 Å². The Morgan fingerprint density at radius 2 is 2.16 bits per heavy atom. The summed E-state index contributed by atoms with van der Waals surface area (Å²) in [5, 5.41) is 3.23. The highest BCUT2D eigenvalue weighted by molar-refractivity contribution is 5.81. The molecule has 5 heteroatoms. The Balaban J connectivity index is 2.29. The number of hydrogen-bond acceptors (Lipinski definition) is 4. The van der Waals surface area contributed by atoms with Crippen LogP contribution in [0.4, 0.5) is 0 Å². The zero-order valence-corrected chi connectivity index (χ0v) is 11.6. The highest BCUT2D eigenvalue weighted by Crippen LogP contribution is 2.31. The molecule has 1 aliphatic heterocycles. The predicted molar refractivity (Wildman–Crippen MR) is 71.9 cm³/mol. The van der Waals surface area contributed by atoms with Crippen molar-refractivity contribution < 1.29 is 14.3 Å². The van der Waals surface area contributed by atoms with Crippen molar-refractivity contribution in [3.8, 4) is 5.75 Å². The lowest BCUT2D eigenvalue weighted by Crippen LogP contribution is -2.40. The molecule has 1 aromatic rings. The van der Waals surface area contributed by atoms with E-state index in [1.165, 1.54) is 0 Å². The van der Waals surface area contributed by atoms with Gasteiger partial charge in [-0.1, -0.05) is 18.2 Å². The van der Waals surface area contributed by atoms with Gasteiger partial charge in [0.05, 0.1) is 26.3 Å². The minimum atomic E-state index is -0.159. The Labute approximate surface area is 113 Å². The van der Waals surface area contributed by atoms with E-state index in [1.54, 1.807) is 14.2 Å². The van der Waals surface area contributed by atoms with Crippen LogP contribution in [0.5, 0.6) is 5.75 Å². The summed E-state index contributed by atoms with van der Waals surface area (Å²) in [6.45, 7) is 2.84. The summed E-state index contributed by atoms with van der Waals surface area (Å²) < 4.78 is 10.5. The molecule has 1 saturated heterocycles. The Bertz CT molecular complexity index is 450. The maximum atomic E-state index is 12.0. The van der Waals surface area contributed by atoms with Crippen molar-refractivity contribution in [3.05, 3.63) is 29.8 Å². The third kappa shape index (κ3) is 2.72. The topological polar surface area (TPSA) is 50.8 Å². The summed E-state index contributed by atoms with van der Waals surface area (Å²) in [5.41, 5.74) is 0.971. The number of methoxy groups -OCH3 is 2. The molecule has 2 rings (SSSR count). The normalized spacial score (nSPS) is 20.7. The summed E-state index contributed by atoms with van der Waals surface area (Å²) in [4.78, 5) is 13.9. The van der Waals surface area contributed by atoms with Gasteiger partial charge in [-0.3, -0.25) is 10.1 Å². The second-order valence-electron chi connectivity index (χ2n) is 4.63. The van der Waals surface area contributed by atoms with Crippen molar-refractivity contribution >= 4 is 5.91 Å². The molecule has 2 atom stereocenters. The van der Waals surface area contributed by atoms with Crippen LogP contribution < -0.4 is 10.1 Å². The van der Waals surface area contributed by atoms with E-state index in [2.05, 4.69) is 5.32 Å². The lowest BCUT2D eigenvalue weighted by atomic mass is 10.1. The van der Waals surface area contributed by atoms with Gasteiger partial charge < -0.3 is 14.4 Å². The zero-order chi connectivity index (χ0) is 13.8. The maximum Gasteiger partial charge on any atom is 0.238 e. The number of rotatable bonds is 5. The summed E-state index contributed by atoms with van der Waals surface area (Å²) >= 11 is 0. The van der Waals surface area contributed by atoms with E-state index in [0.717, 1.165) is 11.3 Å². The molecule has 0 bridgehead atoms. The van der Waals surface area contributed by atoms with Gasteiger partial charge in [0.2, 0.25) is 5.91 Å². The number of para-hydroxylation sites is 1. The fourth-order valence-electron chi connectivity index (χ4n) is 2.49. The van der Waals surface area contributed by atoms with Crippen molar-refractivity contribution in [1.29, 1.82) is 0 Å². The van der Waals surface area contributed by atoms with Gasteiger partial charge in [-0.2, -0.15) is 0 Å². The molecule has 1 aliphatic rings. The van der Waals surface area contributed by atoms with Gasteiger partial charge in [-0.15, -0.1) is 0 Å². The van der Waals surface area contributed by atoms with Gasteiger partial charge in [-0.05, 0) is 13.0 Å². The lowest BCUT2D eigenvalue weighted by Gasteiger charge is -2.30. The van der Waals surface area contributed by atoms with Gasteiger partial charge in [0.1, 0.15) is 11.9 Å². The Morgan fingerprint density at radius 3 is 2.84 bits per heavy atom. The molecule has 5 nitrogen and oxygen atoms in total. The average molecular weight is 264 g/mol. The molecule has 1 fully saturated rings. The first-order valence-electron chi connectivity index (χ1n) is 6.35. The van der Waals surface area contributed by atoms with Crippen LogP contribution in [0.3, 0.4) is 0 Å². The highest BCUT2D eigenvalue weighted by atomic mass is 16.5. The second kappa shape index (κ2) is 6.04. The molecule has 0 spiro atoms. The minimum Gasteiger partial charge on any atom is -0.496 e. The first-order valence-corrected chi connectivity index (χ1v) is 6.35. The number of amides is 1. The van der Waals surface area contributed by atoms with Crippen LogP contribution in [-0.2, 0) is 9.53 Å². The van der Waals surface area contributed by atoms with E-state index in [4.69, 9.17) is 9.47 Å². The maximum absolute atomic E-state index is 12.0. The van der Waals surface area contributed by atoms with Gasteiger partial charge >= 0.3 is 0 Å². The highest BCUT2D eigenvalue weighted by Gasteiger charge is 2.36. The molecule has 0 radical (unpaired) electrons. The molecule has 1 aromatic carbocycles. The van der Waals surface area contributed by atoms with Crippen LogP contribution in [0, 0.1) is 0 Å². The first-order chi connectivity index (χ1) is 9.19. The van der Waals surface area contributed by atoms with E-state index >= 15 is 0 Å². The number of carbonyl (C=O) groups excluding carboxylic acids is 1. The third-order valence-corrected chi connectivity index (χ3v) is 3.33. The zero-order valence-electron chi connectivity index (χ0n) is 11.6. The van der Waals surface area contributed by atoms with Crippen molar-refractivity contribution in [1.82, 2.24) is 10.2 Å². The Morgan fingerprint density at radius 1 is 1.42 bits per heavy atom. The Kier molecular flexibility index (Phi) is 4.39. The number of nitrogens with zero attached hydrogens (tertiary/aromatic N) is 1. The molecular formula is C14H20N2O3. The first kappa shape index (κ1) is 13.8. The van der Waals surface area contributed by atoms with Crippen molar-refractivity contribution in [2.45, 2.75) is 19.1 Å². The number of hydrogen-bond donors (Lipinski definition) is 1. The molecule has 1 heterocycles. The fourth-order valence-corrected chi connectivity index (χ4v) is 2.49. The van der Waals surface area contributed by atoms with Crippen LogP contribution in [0.2, 0.25) is 0 Å². The average Bonchev–Trinajstić information content (AvgIpc) is 2.80. The second-order valence-corrected chi connectivity index (χ2v) is 4.63. The van der Waals surface area contributed by atoms with Crippen molar-refractivity contribution in [3.63, 3.8) is 0 Å². The predicted octanol–water partition coefficient (Wildman–Crippen LogP) is 1.16. The standard InChI is InChI=1S/C14H20N2O3/c1-10(9-18-2)16-13(17)8-15-14(16)11-6-4-5-7-12(11)19-3/h4-7,10,14-15H,8-9H2,1-3H3. The van der Waals surface area contributed by atoms with E-state index in [-0.39, 0.29) is 18.1 Å². The molecule has 0 saturated carbocycles. The van der Waals surface area contributed by atoms with E-state index in [0.29, 0.717) is 13.2 Å². The summed E-state index contributed by atoms with van der Waals surface area (Å²) in [6, 6.07) is 7.76. The number of nitrogens with one attached hydrogen (secondary N) is 1. The van der Waals surface area contributed by atoms with E-state index in [1.807, 2.05) is 36.1 Å². The van der Waals surface area contributed by atoms with Gasteiger partial charge in [0.15, 0.2) is 0 Å². The van der Waals surface area contributed by atoms with Gasteiger partial charge in [0, 0.05) is 12.7 Å². The lowest BCUT2D eigenvalue weighted by molar-refractivity contribution is -0.131. The molecule has 0 aliphatic carbocycles. The van der Waals surface area contributed by atoms with Crippen LogP contribution in [0.15, 0.2) is 24.3 Å². The van der Waals surface area contributed by atoms with E-state index in [9.17, 15) is 4.79 Å². The fraction of sp³-hybridized carbons (Fsp3) is 0.500. The number of benzene rings is 1. The van der Waals surface area contributed by atoms with Gasteiger partial charge in [0.25, 0.3) is 0 Å². The molecule has 19 heavy (non-hydrogen) atoms. The van der Waals surface area contributed by atoms with Gasteiger partial charge in [-0.25, -0.2) is 0 Å². The number of ether oxygens (including phenoxy) is 2. The molecular weight excluding hydrogens is 244 g/mol. The summed E-state index contributed by atoms with van der Waals surface area (Å²) in [6.07, 6.45) is -0.159. The van der Waals surface area contributed by atoms with Crippen LogP contribution >= 0.6 is 0 Å². The van der Waals surface area contributed by atoms with Crippen LogP contribution in [0.1, 0.15) is 18.7 Å². The number of carbonyl (C=O) groups is 1. The molecule has 104 valence electrons. The largest absolute Gasteiger partial charge is 0.496 e. The SMILES string of the molecule is COCC(C)N1C(=O)CNC1c1ccccc1OC. The van der Waals surface area contributed by atoms with Crippen molar-refractivity contribution in [2.75, 3.05) is 27.4 Å². The van der Waals surface area contributed by atoms with E-state index < -0.39 is 0 Å². The molecule has 2 unspecified atom stereocenters. The third-order valence-electron chi connectivity index (χ3n) is 3.33. The minimum absolute atomic E-state index is 0.0161.